The highest BCUT2D eigenvalue weighted by atomic mass is 16.6. The Morgan fingerprint density at radius 2 is 1.54 bits per heavy atom. The van der Waals surface area contributed by atoms with Gasteiger partial charge in [0.15, 0.2) is 0 Å². The number of unbranched alkanes of at least 4 members (excludes halogenated alkanes) is 12. The lowest BCUT2D eigenvalue weighted by molar-refractivity contribution is 0.263. The molecular formula is C26H42O2. The monoisotopic (exact) mass is 386 g/mol. The summed E-state index contributed by atoms with van der Waals surface area (Å²) in [5, 5.41) is 0. The van der Waals surface area contributed by atoms with E-state index in [4.69, 9.17) is 9.47 Å². The molecule has 0 spiro atoms. The lowest BCUT2D eigenvalue weighted by atomic mass is 10.0. The smallest absolute Gasteiger partial charge is 0.119 e. The molecule has 1 aliphatic heterocycles. The average Bonchev–Trinajstić information content (AvgIpc) is 3.54. The van der Waals surface area contributed by atoms with Gasteiger partial charge in [-0.15, -0.1) is 0 Å². The van der Waals surface area contributed by atoms with Gasteiger partial charge in [-0.05, 0) is 37.0 Å². The third-order valence-electron chi connectivity index (χ3n) is 5.48. The molecular weight excluding hydrogens is 344 g/mol. The third-order valence-corrected chi connectivity index (χ3v) is 5.48. The van der Waals surface area contributed by atoms with Crippen molar-refractivity contribution >= 4 is 0 Å². The molecule has 0 saturated carbocycles. The van der Waals surface area contributed by atoms with Crippen LogP contribution < -0.4 is 4.74 Å². The van der Waals surface area contributed by atoms with Crippen LogP contribution in [-0.2, 0) is 11.2 Å². The summed E-state index contributed by atoms with van der Waals surface area (Å²) in [6, 6.07) is 8.44. The lowest BCUT2D eigenvalue weighted by Gasteiger charge is -2.05. The van der Waals surface area contributed by atoms with Crippen LogP contribution in [0.2, 0.25) is 0 Å². The van der Waals surface area contributed by atoms with E-state index >= 15 is 0 Å². The molecule has 28 heavy (non-hydrogen) atoms. The first-order chi connectivity index (χ1) is 13.9. The maximum Gasteiger partial charge on any atom is 0.119 e. The van der Waals surface area contributed by atoms with Crippen LogP contribution in [0, 0.1) is 0 Å². The quantitative estimate of drug-likeness (QED) is 0.147. The van der Waals surface area contributed by atoms with Crippen molar-refractivity contribution in [2.45, 2.75) is 103 Å². The molecule has 1 atom stereocenters. The summed E-state index contributed by atoms with van der Waals surface area (Å²) < 4.78 is 10.9. The van der Waals surface area contributed by atoms with E-state index in [1.165, 1.54) is 89.0 Å². The highest BCUT2D eigenvalue weighted by Crippen LogP contribution is 2.17. The van der Waals surface area contributed by atoms with E-state index in [0.717, 1.165) is 18.8 Å². The van der Waals surface area contributed by atoms with Gasteiger partial charge in [0, 0.05) is 0 Å². The summed E-state index contributed by atoms with van der Waals surface area (Å²) in [5.41, 5.74) is 1.32. The van der Waals surface area contributed by atoms with Crippen molar-refractivity contribution in [3.05, 3.63) is 42.0 Å². The number of rotatable bonds is 18. The van der Waals surface area contributed by atoms with E-state index in [9.17, 15) is 0 Å². The van der Waals surface area contributed by atoms with E-state index in [0.29, 0.717) is 12.7 Å². The highest BCUT2D eigenvalue weighted by Gasteiger charge is 2.22. The third kappa shape index (κ3) is 12.2. The Morgan fingerprint density at radius 3 is 2.18 bits per heavy atom. The first-order valence-electron chi connectivity index (χ1n) is 11.9. The van der Waals surface area contributed by atoms with Crippen LogP contribution in [0.25, 0.3) is 0 Å². The lowest BCUT2D eigenvalue weighted by Crippen LogP contribution is -2.04. The normalized spacial score (nSPS) is 16.0. The van der Waals surface area contributed by atoms with Crippen molar-refractivity contribution in [3.8, 4) is 5.75 Å². The van der Waals surface area contributed by atoms with Crippen LogP contribution in [-0.4, -0.2) is 19.3 Å². The number of hydrogen-bond acceptors (Lipinski definition) is 2. The number of hydrogen-bond donors (Lipinski definition) is 0. The van der Waals surface area contributed by atoms with Crippen molar-refractivity contribution in [1.29, 1.82) is 0 Å². The van der Waals surface area contributed by atoms with Gasteiger partial charge in [-0.25, -0.2) is 0 Å². The molecule has 1 fully saturated rings. The van der Waals surface area contributed by atoms with Gasteiger partial charge in [0.1, 0.15) is 18.5 Å². The topological polar surface area (TPSA) is 21.8 Å². The molecule has 158 valence electrons. The molecule has 1 aliphatic rings. The zero-order valence-electron chi connectivity index (χ0n) is 18.2. The largest absolute Gasteiger partial charge is 0.491 e. The molecule has 0 aliphatic carbocycles. The van der Waals surface area contributed by atoms with Gasteiger partial charge < -0.3 is 9.47 Å². The molecule has 0 bridgehead atoms. The molecule has 0 aromatic heterocycles. The van der Waals surface area contributed by atoms with E-state index in [-0.39, 0.29) is 0 Å². The molecule has 1 heterocycles. The molecule has 0 radical (unpaired) electrons. The van der Waals surface area contributed by atoms with Gasteiger partial charge in [0.05, 0.1) is 6.61 Å². The maximum atomic E-state index is 5.75. The predicted octanol–water partition coefficient (Wildman–Crippen LogP) is 7.65. The van der Waals surface area contributed by atoms with Crippen molar-refractivity contribution < 1.29 is 9.47 Å². The SMILES string of the molecule is CCCCCCCCCCCCCC/C=C/Cc1cccc(OCC2CO2)c1. The number of ether oxygens (including phenoxy) is 2. The fourth-order valence-corrected chi connectivity index (χ4v) is 3.56. The maximum absolute atomic E-state index is 5.75. The Kier molecular flexibility index (Phi) is 12.8. The van der Waals surface area contributed by atoms with Gasteiger partial charge in [0.2, 0.25) is 0 Å². The second kappa shape index (κ2) is 15.6. The molecule has 2 heteroatoms. The Labute approximate surface area is 173 Å². The molecule has 0 N–H and O–H groups in total. The first-order valence-corrected chi connectivity index (χ1v) is 11.9. The molecule has 1 saturated heterocycles. The van der Waals surface area contributed by atoms with Gasteiger partial charge in [-0.2, -0.15) is 0 Å². The van der Waals surface area contributed by atoms with E-state index in [1.54, 1.807) is 0 Å². The zero-order valence-corrected chi connectivity index (χ0v) is 18.2. The van der Waals surface area contributed by atoms with Gasteiger partial charge in [-0.1, -0.05) is 102 Å². The summed E-state index contributed by atoms with van der Waals surface area (Å²) in [5.74, 6) is 0.961. The van der Waals surface area contributed by atoms with E-state index < -0.39 is 0 Å². The van der Waals surface area contributed by atoms with Crippen LogP contribution in [0.4, 0.5) is 0 Å². The number of benzene rings is 1. The molecule has 2 rings (SSSR count). The van der Waals surface area contributed by atoms with Crippen LogP contribution in [0.5, 0.6) is 5.75 Å². The Morgan fingerprint density at radius 1 is 0.893 bits per heavy atom. The minimum Gasteiger partial charge on any atom is -0.491 e. The van der Waals surface area contributed by atoms with Crippen molar-refractivity contribution in [2.75, 3.05) is 13.2 Å². The van der Waals surface area contributed by atoms with Gasteiger partial charge >= 0.3 is 0 Å². The fourth-order valence-electron chi connectivity index (χ4n) is 3.56. The van der Waals surface area contributed by atoms with E-state index in [1.807, 2.05) is 6.07 Å². The van der Waals surface area contributed by atoms with Crippen LogP contribution in [0.1, 0.15) is 96.0 Å². The second-order valence-electron chi connectivity index (χ2n) is 8.27. The molecule has 1 aromatic rings. The Bertz CT molecular complexity index is 519. The summed E-state index contributed by atoms with van der Waals surface area (Å²) in [4.78, 5) is 0. The highest BCUT2D eigenvalue weighted by molar-refractivity contribution is 5.29. The van der Waals surface area contributed by atoms with Crippen molar-refractivity contribution in [1.82, 2.24) is 0 Å². The number of allylic oxidation sites excluding steroid dienone is 2. The zero-order chi connectivity index (χ0) is 19.7. The fraction of sp³-hybridized carbons (Fsp3) is 0.692. The minimum absolute atomic E-state index is 0.319. The molecule has 1 aromatic carbocycles. The van der Waals surface area contributed by atoms with Crippen LogP contribution in [0.15, 0.2) is 36.4 Å². The molecule has 2 nitrogen and oxygen atoms in total. The summed E-state index contributed by atoms with van der Waals surface area (Å²) in [7, 11) is 0. The predicted molar refractivity (Wildman–Crippen MR) is 120 cm³/mol. The standard InChI is InChI=1S/C26H42O2/c1-2-3-4-5-6-7-8-9-10-11-12-13-14-15-16-18-24-19-17-20-25(21-24)27-22-26-23-28-26/h15-17,19-21,26H,2-14,18,22-23H2,1H3/b16-15+. The second-order valence-corrected chi connectivity index (χ2v) is 8.27. The number of epoxide rings is 1. The first kappa shape index (κ1) is 23.0. The summed E-state index contributed by atoms with van der Waals surface area (Å²) >= 11 is 0. The van der Waals surface area contributed by atoms with Gasteiger partial charge in [-0.3, -0.25) is 0 Å². The van der Waals surface area contributed by atoms with Crippen molar-refractivity contribution in [2.24, 2.45) is 0 Å². The van der Waals surface area contributed by atoms with Crippen molar-refractivity contribution in [3.63, 3.8) is 0 Å². The van der Waals surface area contributed by atoms with Crippen LogP contribution >= 0.6 is 0 Å². The minimum atomic E-state index is 0.319. The Balaban J connectivity index is 1.38. The molecule has 0 amide bonds. The van der Waals surface area contributed by atoms with Gasteiger partial charge in [0.25, 0.3) is 0 Å². The Hall–Kier alpha value is -1.28. The van der Waals surface area contributed by atoms with Crippen LogP contribution in [0.3, 0.4) is 0 Å². The summed E-state index contributed by atoms with van der Waals surface area (Å²) in [6.07, 6.45) is 24.2. The summed E-state index contributed by atoms with van der Waals surface area (Å²) in [6.45, 7) is 3.82. The average molecular weight is 387 g/mol. The van der Waals surface area contributed by atoms with E-state index in [2.05, 4.69) is 37.3 Å². The molecule has 1 unspecified atom stereocenters.